The normalized spacial score (nSPS) is 12.9. The van der Waals surface area contributed by atoms with Crippen LogP contribution in [0.1, 0.15) is 37.1 Å². The molecule has 0 spiro atoms. The summed E-state index contributed by atoms with van der Waals surface area (Å²) in [6.45, 7) is 4.90. The average molecular weight is 251 g/mol. The Bertz CT molecular complexity index is 395. The van der Waals surface area contributed by atoms with E-state index in [2.05, 4.69) is 4.98 Å². The molecule has 6 heteroatoms. The SMILES string of the molecule is CC(=O)CC(C)(C)c1cnc(C(F)(F)F)s1. The van der Waals surface area contributed by atoms with E-state index in [4.69, 9.17) is 0 Å². The Hall–Kier alpha value is -0.910. The lowest BCUT2D eigenvalue weighted by molar-refractivity contribution is -0.137. The van der Waals surface area contributed by atoms with Gasteiger partial charge in [-0.2, -0.15) is 13.2 Å². The number of aromatic nitrogens is 1. The molecule has 0 bridgehead atoms. The van der Waals surface area contributed by atoms with E-state index in [0.717, 1.165) is 0 Å². The summed E-state index contributed by atoms with van der Waals surface area (Å²) in [5, 5.41) is -0.862. The van der Waals surface area contributed by atoms with Gasteiger partial charge in [-0.3, -0.25) is 4.79 Å². The fraction of sp³-hybridized carbons (Fsp3) is 0.600. The molecule has 0 aromatic carbocycles. The lowest BCUT2D eigenvalue weighted by Gasteiger charge is -2.20. The summed E-state index contributed by atoms with van der Waals surface area (Å²) in [5.41, 5.74) is -0.590. The topological polar surface area (TPSA) is 30.0 Å². The number of rotatable bonds is 3. The molecule has 0 aliphatic heterocycles. The highest BCUT2D eigenvalue weighted by molar-refractivity contribution is 7.11. The quantitative estimate of drug-likeness (QED) is 0.823. The van der Waals surface area contributed by atoms with Crippen LogP contribution in [-0.2, 0) is 16.4 Å². The molecular formula is C10H12F3NOS. The van der Waals surface area contributed by atoms with E-state index < -0.39 is 16.6 Å². The fourth-order valence-corrected chi connectivity index (χ4v) is 2.31. The summed E-state index contributed by atoms with van der Waals surface area (Å²) in [7, 11) is 0. The van der Waals surface area contributed by atoms with Gasteiger partial charge in [-0.1, -0.05) is 13.8 Å². The van der Waals surface area contributed by atoms with Gasteiger partial charge in [0.15, 0.2) is 5.01 Å². The van der Waals surface area contributed by atoms with E-state index in [9.17, 15) is 18.0 Å². The van der Waals surface area contributed by atoms with Gasteiger partial charge in [-0.15, -0.1) is 11.3 Å². The molecule has 0 atom stereocenters. The second-order valence-electron chi connectivity index (χ2n) is 4.29. The van der Waals surface area contributed by atoms with Crippen molar-refractivity contribution >= 4 is 17.1 Å². The Kier molecular flexibility index (Phi) is 3.42. The van der Waals surface area contributed by atoms with Crippen molar-refractivity contribution in [3.63, 3.8) is 0 Å². The van der Waals surface area contributed by atoms with E-state index in [-0.39, 0.29) is 12.2 Å². The van der Waals surface area contributed by atoms with Gasteiger partial charge >= 0.3 is 6.18 Å². The van der Waals surface area contributed by atoms with Gasteiger partial charge < -0.3 is 0 Å². The summed E-state index contributed by atoms with van der Waals surface area (Å²) in [6.07, 6.45) is -2.99. The van der Waals surface area contributed by atoms with Gasteiger partial charge in [0.2, 0.25) is 0 Å². The Morgan fingerprint density at radius 3 is 2.38 bits per heavy atom. The largest absolute Gasteiger partial charge is 0.443 e. The highest BCUT2D eigenvalue weighted by Crippen LogP contribution is 2.38. The van der Waals surface area contributed by atoms with Gasteiger partial charge in [0.05, 0.1) is 0 Å². The van der Waals surface area contributed by atoms with Crippen molar-refractivity contribution < 1.29 is 18.0 Å². The van der Waals surface area contributed by atoms with Crippen molar-refractivity contribution in [1.82, 2.24) is 4.98 Å². The summed E-state index contributed by atoms with van der Waals surface area (Å²) in [6, 6.07) is 0. The third kappa shape index (κ3) is 3.04. The molecule has 0 amide bonds. The number of thiazole rings is 1. The Labute approximate surface area is 95.5 Å². The Morgan fingerprint density at radius 2 is 2.00 bits per heavy atom. The lowest BCUT2D eigenvalue weighted by atomic mass is 9.86. The van der Waals surface area contributed by atoms with Crippen LogP contribution in [0, 0.1) is 0 Å². The minimum Gasteiger partial charge on any atom is -0.300 e. The van der Waals surface area contributed by atoms with Gasteiger partial charge in [0, 0.05) is 22.9 Å². The monoisotopic (exact) mass is 251 g/mol. The van der Waals surface area contributed by atoms with E-state index in [1.807, 2.05) is 0 Å². The standard InChI is InChI=1S/C10H12F3NOS/c1-6(15)4-9(2,3)7-5-14-8(16-7)10(11,12)13/h5H,4H2,1-3H3. The first-order valence-electron chi connectivity index (χ1n) is 4.66. The van der Waals surface area contributed by atoms with E-state index in [0.29, 0.717) is 16.2 Å². The van der Waals surface area contributed by atoms with Crippen LogP contribution in [-0.4, -0.2) is 10.8 Å². The van der Waals surface area contributed by atoms with Crippen LogP contribution in [0.3, 0.4) is 0 Å². The molecule has 90 valence electrons. The predicted octanol–water partition coefficient (Wildman–Crippen LogP) is 3.42. The number of nitrogens with zero attached hydrogens (tertiary/aromatic N) is 1. The minimum absolute atomic E-state index is 0.0491. The van der Waals surface area contributed by atoms with Crippen LogP contribution in [0.2, 0.25) is 0 Å². The number of halogens is 3. The molecule has 0 fully saturated rings. The zero-order chi connectivity index (χ0) is 12.6. The maximum atomic E-state index is 12.3. The summed E-state index contributed by atoms with van der Waals surface area (Å²) in [5.74, 6) is -0.0491. The van der Waals surface area contributed by atoms with E-state index in [1.165, 1.54) is 13.1 Å². The van der Waals surface area contributed by atoms with E-state index >= 15 is 0 Å². The summed E-state index contributed by atoms with van der Waals surface area (Å²) < 4.78 is 37.0. The molecular weight excluding hydrogens is 239 g/mol. The fourth-order valence-electron chi connectivity index (χ4n) is 1.43. The zero-order valence-electron chi connectivity index (χ0n) is 9.18. The van der Waals surface area contributed by atoms with Crippen LogP contribution in [0.25, 0.3) is 0 Å². The third-order valence-corrected chi connectivity index (χ3v) is 3.51. The second-order valence-corrected chi connectivity index (χ2v) is 5.32. The van der Waals surface area contributed by atoms with Crippen LogP contribution in [0.5, 0.6) is 0 Å². The lowest BCUT2D eigenvalue weighted by Crippen LogP contribution is -2.19. The minimum atomic E-state index is -4.41. The number of Topliss-reactive ketones (excluding diaryl/α,β-unsaturated/α-hetero) is 1. The number of hydrogen-bond donors (Lipinski definition) is 0. The van der Waals surface area contributed by atoms with Gasteiger partial charge in [0.1, 0.15) is 5.78 Å². The molecule has 0 radical (unpaired) electrons. The molecule has 0 aliphatic carbocycles. The first-order valence-corrected chi connectivity index (χ1v) is 5.47. The molecule has 0 saturated heterocycles. The Balaban J connectivity index is 2.97. The predicted molar refractivity (Wildman–Crippen MR) is 55.4 cm³/mol. The smallest absolute Gasteiger partial charge is 0.300 e. The summed E-state index contributed by atoms with van der Waals surface area (Å²) >= 11 is 0.600. The third-order valence-electron chi connectivity index (χ3n) is 2.11. The van der Waals surface area contributed by atoms with Crippen LogP contribution < -0.4 is 0 Å². The van der Waals surface area contributed by atoms with Crippen LogP contribution >= 0.6 is 11.3 Å². The molecule has 0 saturated carbocycles. The van der Waals surface area contributed by atoms with Crippen LogP contribution in [0.15, 0.2) is 6.20 Å². The number of hydrogen-bond acceptors (Lipinski definition) is 3. The number of ketones is 1. The molecule has 2 nitrogen and oxygen atoms in total. The molecule has 1 rings (SSSR count). The maximum Gasteiger partial charge on any atom is 0.443 e. The highest BCUT2D eigenvalue weighted by atomic mass is 32.1. The molecule has 1 aromatic heterocycles. The molecule has 1 heterocycles. The molecule has 16 heavy (non-hydrogen) atoms. The maximum absolute atomic E-state index is 12.3. The highest BCUT2D eigenvalue weighted by Gasteiger charge is 2.36. The number of carbonyl (C=O) groups excluding carboxylic acids is 1. The second kappa shape index (κ2) is 4.16. The van der Waals surface area contributed by atoms with Crippen molar-refractivity contribution in [2.75, 3.05) is 0 Å². The molecule has 0 unspecified atom stereocenters. The molecule has 1 aromatic rings. The first-order chi connectivity index (χ1) is 7.13. The van der Waals surface area contributed by atoms with Gasteiger partial charge in [-0.05, 0) is 6.92 Å². The summed E-state index contributed by atoms with van der Waals surface area (Å²) in [4.78, 5) is 14.8. The van der Waals surface area contributed by atoms with Gasteiger partial charge in [-0.25, -0.2) is 4.98 Å². The van der Waals surface area contributed by atoms with Crippen molar-refractivity contribution in [2.45, 2.75) is 38.8 Å². The number of alkyl halides is 3. The van der Waals surface area contributed by atoms with Crippen molar-refractivity contribution in [3.8, 4) is 0 Å². The van der Waals surface area contributed by atoms with E-state index in [1.54, 1.807) is 13.8 Å². The van der Waals surface area contributed by atoms with Crippen LogP contribution in [0.4, 0.5) is 13.2 Å². The first kappa shape index (κ1) is 13.2. The van der Waals surface area contributed by atoms with Crippen molar-refractivity contribution in [3.05, 3.63) is 16.1 Å². The number of carbonyl (C=O) groups is 1. The van der Waals surface area contributed by atoms with Gasteiger partial charge in [0.25, 0.3) is 0 Å². The molecule has 0 N–H and O–H groups in total. The molecule has 0 aliphatic rings. The Morgan fingerprint density at radius 1 is 1.44 bits per heavy atom. The van der Waals surface area contributed by atoms with Crippen molar-refractivity contribution in [1.29, 1.82) is 0 Å². The zero-order valence-corrected chi connectivity index (χ0v) is 10.00. The average Bonchev–Trinajstić information content (AvgIpc) is 2.47. The van der Waals surface area contributed by atoms with Crippen molar-refractivity contribution in [2.24, 2.45) is 0 Å².